The number of H-pyrrole nitrogens is 1. The van der Waals surface area contributed by atoms with E-state index in [1.165, 1.54) is 16.7 Å². The molecule has 102 valence electrons. The number of fused-ring (bicyclic) bond motifs is 1. The first kappa shape index (κ1) is 14.1. The maximum atomic E-state index is 5.82. The van der Waals surface area contributed by atoms with Crippen molar-refractivity contribution < 1.29 is 4.74 Å². The Morgan fingerprint density at radius 2 is 2.37 bits per heavy atom. The van der Waals surface area contributed by atoms with Crippen LogP contribution in [0.25, 0.3) is 11.4 Å². The molecule has 0 amide bonds. The summed E-state index contributed by atoms with van der Waals surface area (Å²) in [7, 11) is 1.95. The summed E-state index contributed by atoms with van der Waals surface area (Å²) in [6, 6.07) is 6.36. The number of nitrogens with zero attached hydrogens (tertiary/aromatic N) is 1. The van der Waals surface area contributed by atoms with Gasteiger partial charge < -0.3 is 15.0 Å². The summed E-state index contributed by atoms with van der Waals surface area (Å²) in [4.78, 5) is 7.54. The van der Waals surface area contributed by atoms with E-state index in [1.54, 1.807) is 6.20 Å². The number of imidazole rings is 1. The molecule has 0 aliphatic carbocycles. The van der Waals surface area contributed by atoms with Crippen LogP contribution < -0.4 is 5.32 Å². The summed E-state index contributed by atoms with van der Waals surface area (Å²) < 4.78 is 5.82. The third kappa shape index (κ3) is 2.66. The van der Waals surface area contributed by atoms with Crippen molar-refractivity contribution in [2.45, 2.75) is 12.5 Å². The average molecular weight is 280 g/mol. The number of aromatic nitrogens is 2. The lowest BCUT2D eigenvalue weighted by atomic mass is 9.92. The molecule has 1 atom stereocenters. The van der Waals surface area contributed by atoms with Gasteiger partial charge in [-0.25, -0.2) is 4.98 Å². The first-order chi connectivity index (χ1) is 8.90. The van der Waals surface area contributed by atoms with Crippen molar-refractivity contribution in [1.29, 1.82) is 0 Å². The van der Waals surface area contributed by atoms with E-state index in [1.807, 2.05) is 13.2 Å². The molecule has 0 radical (unpaired) electrons. The van der Waals surface area contributed by atoms with E-state index in [0.717, 1.165) is 25.4 Å². The molecule has 0 spiro atoms. The van der Waals surface area contributed by atoms with Gasteiger partial charge >= 0.3 is 0 Å². The smallest absolute Gasteiger partial charge is 0.137 e. The summed E-state index contributed by atoms with van der Waals surface area (Å²) in [5.41, 5.74) is 3.84. The van der Waals surface area contributed by atoms with E-state index in [0.29, 0.717) is 0 Å². The molecule has 2 aromatic rings. The van der Waals surface area contributed by atoms with Crippen molar-refractivity contribution in [3.8, 4) is 11.4 Å². The fourth-order valence-corrected chi connectivity index (χ4v) is 2.57. The van der Waals surface area contributed by atoms with Crippen LogP contribution in [0.5, 0.6) is 0 Å². The molecule has 19 heavy (non-hydrogen) atoms. The minimum absolute atomic E-state index is 0. The van der Waals surface area contributed by atoms with Gasteiger partial charge in [-0.15, -0.1) is 12.4 Å². The van der Waals surface area contributed by atoms with E-state index in [2.05, 4.69) is 33.5 Å². The second-order valence-electron chi connectivity index (χ2n) is 4.48. The highest BCUT2D eigenvalue weighted by atomic mass is 35.5. The average Bonchev–Trinajstić information content (AvgIpc) is 2.93. The molecule has 2 N–H and O–H groups in total. The molecule has 0 fully saturated rings. The van der Waals surface area contributed by atoms with Gasteiger partial charge in [-0.3, -0.25) is 0 Å². The zero-order valence-corrected chi connectivity index (χ0v) is 11.7. The molecule has 1 unspecified atom stereocenters. The van der Waals surface area contributed by atoms with Crippen molar-refractivity contribution in [2.75, 3.05) is 20.2 Å². The Kier molecular flexibility index (Phi) is 4.58. The summed E-state index contributed by atoms with van der Waals surface area (Å²) in [6.45, 7) is 1.62. The predicted octanol–water partition coefficient (Wildman–Crippen LogP) is 2.33. The maximum absolute atomic E-state index is 5.82. The van der Waals surface area contributed by atoms with Gasteiger partial charge in [0, 0.05) is 24.5 Å². The van der Waals surface area contributed by atoms with E-state index in [-0.39, 0.29) is 18.5 Å². The summed E-state index contributed by atoms with van der Waals surface area (Å²) in [6.07, 6.45) is 4.75. The molecular formula is C14H18ClN3O. The Labute approximate surface area is 119 Å². The van der Waals surface area contributed by atoms with Crippen LogP contribution in [-0.2, 0) is 11.2 Å². The summed E-state index contributed by atoms with van der Waals surface area (Å²) >= 11 is 0. The number of likely N-dealkylation sites (N-methyl/N-ethyl adjacent to an activating group) is 1. The molecule has 5 heteroatoms. The number of ether oxygens (including phenoxy) is 1. The van der Waals surface area contributed by atoms with Crippen LogP contribution in [0.15, 0.2) is 30.6 Å². The number of rotatable bonds is 3. The van der Waals surface area contributed by atoms with Gasteiger partial charge in [-0.2, -0.15) is 0 Å². The molecule has 4 nitrogen and oxygen atoms in total. The predicted molar refractivity (Wildman–Crippen MR) is 77.6 cm³/mol. The molecule has 3 rings (SSSR count). The Hall–Kier alpha value is -1.36. The molecule has 1 aliphatic heterocycles. The topological polar surface area (TPSA) is 49.9 Å². The molecule has 0 bridgehead atoms. The Bertz CT molecular complexity index is 527. The molecular weight excluding hydrogens is 262 g/mol. The van der Waals surface area contributed by atoms with E-state index in [9.17, 15) is 0 Å². The van der Waals surface area contributed by atoms with Gasteiger partial charge in [0.05, 0.1) is 12.7 Å². The van der Waals surface area contributed by atoms with Crippen molar-refractivity contribution in [3.05, 3.63) is 41.7 Å². The highest BCUT2D eigenvalue weighted by molar-refractivity contribution is 5.85. The summed E-state index contributed by atoms with van der Waals surface area (Å²) in [5.74, 6) is 0.942. The van der Waals surface area contributed by atoms with Crippen molar-refractivity contribution in [1.82, 2.24) is 15.3 Å². The van der Waals surface area contributed by atoms with Gasteiger partial charge in [0.1, 0.15) is 5.82 Å². The Balaban J connectivity index is 0.00000133. The quantitative estimate of drug-likeness (QED) is 0.907. The van der Waals surface area contributed by atoms with Crippen LogP contribution in [0.4, 0.5) is 0 Å². The lowest BCUT2D eigenvalue weighted by Crippen LogP contribution is -2.25. The van der Waals surface area contributed by atoms with Gasteiger partial charge in [-0.1, -0.05) is 18.2 Å². The lowest BCUT2D eigenvalue weighted by molar-refractivity contribution is 0.0440. The van der Waals surface area contributed by atoms with Crippen LogP contribution in [-0.4, -0.2) is 30.2 Å². The zero-order valence-electron chi connectivity index (χ0n) is 10.8. The van der Waals surface area contributed by atoms with Gasteiger partial charge in [0.25, 0.3) is 0 Å². The first-order valence-corrected chi connectivity index (χ1v) is 6.28. The fourth-order valence-electron chi connectivity index (χ4n) is 2.57. The van der Waals surface area contributed by atoms with Crippen molar-refractivity contribution in [2.24, 2.45) is 0 Å². The number of benzene rings is 1. The number of halogens is 1. The normalized spacial score (nSPS) is 17.6. The molecule has 1 aromatic carbocycles. The molecule has 1 aromatic heterocycles. The number of hydrogen-bond acceptors (Lipinski definition) is 3. The third-order valence-electron chi connectivity index (χ3n) is 3.37. The van der Waals surface area contributed by atoms with Crippen LogP contribution in [0, 0.1) is 0 Å². The number of hydrogen-bond donors (Lipinski definition) is 2. The summed E-state index contributed by atoms with van der Waals surface area (Å²) in [5, 5.41) is 3.18. The second-order valence-corrected chi connectivity index (χ2v) is 4.48. The molecule has 1 aliphatic rings. The van der Waals surface area contributed by atoms with Crippen molar-refractivity contribution in [3.63, 3.8) is 0 Å². The second kappa shape index (κ2) is 6.19. The standard InChI is InChI=1S/C14H17N3O.ClH/c1-15-9-13-11-3-2-4-12(10(11)5-8-18-13)14-16-6-7-17-14;/h2-4,6-7,13,15H,5,8-9H2,1H3,(H,16,17);1H. The number of aromatic amines is 1. The van der Waals surface area contributed by atoms with Crippen LogP contribution in [0.3, 0.4) is 0 Å². The monoisotopic (exact) mass is 279 g/mol. The van der Waals surface area contributed by atoms with E-state index in [4.69, 9.17) is 4.74 Å². The third-order valence-corrected chi connectivity index (χ3v) is 3.37. The zero-order chi connectivity index (χ0) is 12.4. The first-order valence-electron chi connectivity index (χ1n) is 6.28. The SMILES string of the molecule is CNCC1OCCc2c(-c3ncc[nH]3)cccc21.Cl. The van der Waals surface area contributed by atoms with Gasteiger partial charge in [-0.05, 0) is 24.6 Å². The van der Waals surface area contributed by atoms with Gasteiger partial charge in [0.2, 0.25) is 0 Å². The van der Waals surface area contributed by atoms with E-state index < -0.39 is 0 Å². The fraction of sp³-hybridized carbons (Fsp3) is 0.357. The molecule has 0 saturated heterocycles. The molecule has 2 heterocycles. The van der Waals surface area contributed by atoms with Crippen LogP contribution in [0.2, 0.25) is 0 Å². The minimum Gasteiger partial charge on any atom is -0.372 e. The van der Waals surface area contributed by atoms with Crippen LogP contribution >= 0.6 is 12.4 Å². The largest absolute Gasteiger partial charge is 0.372 e. The van der Waals surface area contributed by atoms with Crippen molar-refractivity contribution >= 4 is 12.4 Å². The van der Waals surface area contributed by atoms with Crippen LogP contribution in [0.1, 0.15) is 17.2 Å². The number of nitrogens with one attached hydrogen (secondary N) is 2. The van der Waals surface area contributed by atoms with Gasteiger partial charge in [0.15, 0.2) is 0 Å². The molecule has 0 saturated carbocycles. The lowest BCUT2D eigenvalue weighted by Gasteiger charge is -2.27. The highest BCUT2D eigenvalue weighted by Gasteiger charge is 2.23. The Morgan fingerprint density at radius 1 is 1.47 bits per heavy atom. The Morgan fingerprint density at radius 3 is 3.11 bits per heavy atom. The minimum atomic E-state index is 0. The van der Waals surface area contributed by atoms with E-state index >= 15 is 0 Å². The maximum Gasteiger partial charge on any atom is 0.137 e. The highest BCUT2D eigenvalue weighted by Crippen LogP contribution is 2.32.